The Morgan fingerprint density at radius 2 is 1.88 bits per heavy atom. The minimum atomic E-state index is -0.181. The van der Waals surface area contributed by atoms with Crippen molar-refractivity contribution < 1.29 is 19.1 Å². The van der Waals surface area contributed by atoms with Crippen molar-refractivity contribution in [1.29, 1.82) is 0 Å². The van der Waals surface area contributed by atoms with E-state index in [2.05, 4.69) is 0 Å². The molecule has 0 unspecified atom stereocenters. The highest BCUT2D eigenvalue weighted by molar-refractivity contribution is 6.03. The smallest absolute Gasteiger partial charge is 0.334 e. The maximum Gasteiger partial charge on any atom is 0.334 e. The maximum absolute atomic E-state index is 12.5. The molecular weight excluding hydrogens is 304 g/mol. The number of methoxy groups -OCH3 is 1. The minimum Gasteiger partial charge on any atom is -0.469 e. The number of fused-ring (bicyclic) bond motifs is 5. The van der Waals surface area contributed by atoms with Gasteiger partial charge < -0.3 is 9.47 Å². The Morgan fingerprint density at radius 1 is 1.12 bits per heavy atom. The molecule has 0 radical (unpaired) electrons. The van der Waals surface area contributed by atoms with E-state index in [-0.39, 0.29) is 29.7 Å². The van der Waals surface area contributed by atoms with Gasteiger partial charge >= 0.3 is 11.9 Å². The molecule has 3 aliphatic rings. The first-order valence-electron chi connectivity index (χ1n) is 8.71. The Kier molecular flexibility index (Phi) is 3.70. The summed E-state index contributed by atoms with van der Waals surface area (Å²) in [7, 11) is 1.46. The Labute approximate surface area is 141 Å². The summed E-state index contributed by atoms with van der Waals surface area (Å²) in [6, 6.07) is 10.0. The lowest BCUT2D eigenvalue weighted by Crippen LogP contribution is -2.43. The predicted octanol–water partition coefficient (Wildman–Crippen LogP) is 3.08. The summed E-state index contributed by atoms with van der Waals surface area (Å²) in [4.78, 5) is 24.6. The van der Waals surface area contributed by atoms with Crippen LogP contribution in [0.15, 0.2) is 35.9 Å². The number of hydrogen-bond acceptors (Lipinski definition) is 4. The van der Waals surface area contributed by atoms with Crippen LogP contribution in [0.5, 0.6) is 0 Å². The third-order valence-corrected chi connectivity index (χ3v) is 6.05. The van der Waals surface area contributed by atoms with E-state index in [0.717, 1.165) is 29.6 Å². The van der Waals surface area contributed by atoms with Crippen LogP contribution in [-0.4, -0.2) is 25.7 Å². The normalized spacial score (nSPS) is 33.0. The van der Waals surface area contributed by atoms with E-state index in [4.69, 9.17) is 9.47 Å². The van der Waals surface area contributed by atoms with Crippen molar-refractivity contribution in [3.63, 3.8) is 0 Å². The summed E-state index contributed by atoms with van der Waals surface area (Å²) in [5, 5.41) is 0. The summed E-state index contributed by atoms with van der Waals surface area (Å²) in [6.45, 7) is 2.23. The molecule has 0 spiro atoms. The van der Waals surface area contributed by atoms with E-state index in [1.165, 1.54) is 7.11 Å². The highest BCUT2D eigenvalue weighted by atomic mass is 16.5. The van der Waals surface area contributed by atoms with E-state index < -0.39 is 0 Å². The van der Waals surface area contributed by atoms with Crippen molar-refractivity contribution in [3.05, 3.63) is 41.5 Å². The molecule has 0 aromatic heterocycles. The van der Waals surface area contributed by atoms with Crippen LogP contribution in [0, 0.1) is 29.6 Å². The van der Waals surface area contributed by atoms with Crippen molar-refractivity contribution >= 4 is 17.5 Å². The van der Waals surface area contributed by atoms with Gasteiger partial charge in [0.1, 0.15) is 0 Å². The number of ether oxygens (including phenoxy) is 2. The second-order valence-electron chi connectivity index (χ2n) is 6.99. The van der Waals surface area contributed by atoms with Crippen molar-refractivity contribution in [3.8, 4) is 0 Å². The molecule has 2 fully saturated rings. The highest BCUT2D eigenvalue weighted by Crippen LogP contribution is 2.67. The summed E-state index contributed by atoms with van der Waals surface area (Å²) in [6.07, 6.45) is 1.85. The van der Waals surface area contributed by atoms with E-state index in [1.54, 1.807) is 0 Å². The zero-order chi connectivity index (χ0) is 16.8. The molecule has 2 bridgehead atoms. The van der Waals surface area contributed by atoms with Gasteiger partial charge in [0.25, 0.3) is 0 Å². The van der Waals surface area contributed by atoms with Gasteiger partial charge in [0.05, 0.1) is 19.6 Å². The lowest BCUT2D eigenvalue weighted by Gasteiger charge is -2.45. The van der Waals surface area contributed by atoms with Crippen LogP contribution >= 0.6 is 0 Å². The molecule has 3 aliphatic carbocycles. The van der Waals surface area contributed by atoms with Crippen LogP contribution in [-0.2, 0) is 19.1 Å². The predicted molar refractivity (Wildman–Crippen MR) is 88.7 cm³/mol. The Balaban J connectivity index is 1.74. The fourth-order valence-corrected chi connectivity index (χ4v) is 5.28. The molecule has 0 heterocycles. The van der Waals surface area contributed by atoms with Gasteiger partial charge in [0, 0.05) is 11.5 Å². The molecule has 0 N–H and O–H groups in total. The van der Waals surface area contributed by atoms with Crippen LogP contribution < -0.4 is 0 Å². The fraction of sp³-hybridized carbons (Fsp3) is 0.500. The first kappa shape index (κ1) is 15.4. The molecule has 4 heteroatoms. The van der Waals surface area contributed by atoms with Crippen LogP contribution in [0.1, 0.15) is 25.3 Å². The number of benzene rings is 1. The van der Waals surface area contributed by atoms with Gasteiger partial charge in [0.15, 0.2) is 0 Å². The average molecular weight is 326 g/mol. The fourth-order valence-electron chi connectivity index (χ4n) is 5.28. The lowest BCUT2D eigenvalue weighted by molar-refractivity contribution is -0.148. The molecule has 2 saturated carbocycles. The molecule has 0 saturated heterocycles. The molecule has 126 valence electrons. The average Bonchev–Trinajstić information content (AvgIpc) is 3.10. The van der Waals surface area contributed by atoms with Crippen LogP contribution in [0.25, 0.3) is 5.57 Å². The van der Waals surface area contributed by atoms with E-state index in [0.29, 0.717) is 18.4 Å². The van der Waals surface area contributed by atoms with Crippen molar-refractivity contribution in [2.75, 3.05) is 13.7 Å². The Hall–Kier alpha value is -2.10. The monoisotopic (exact) mass is 326 g/mol. The third-order valence-electron chi connectivity index (χ3n) is 6.05. The number of allylic oxidation sites excluding steroid dienone is 1. The zero-order valence-electron chi connectivity index (χ0n) is 14.0. The van der Waals surface area contributed by atoms with Crippen LogP contribution in [0.2, 0.25) is 0 Å². The number of carbonyl (C=O) groups excluding carboxylic acids is 2. The first-order chi connectivity index (χ1) is 11.7. The first-order valence-corrected chi connectivity index (χ1v) is 8.71. The van der Waals surface area contributed by atoms with Gasteiger partial charge in [-0.15, -0.1) is 0 Å². The van der Waals surface area contributed by atoms with E-state index in [1.807, 2.05) is 37.3 Å². The maximum atomic E-state index is 12.5. The summed E-state index contributed by atoms with van der Waals surface area (Å²) < 4.78 is 10.3. The van der Waals surface area contributed by atoms with Crippen molar-refractivity contribution in [1.82, 2.24) is 0 Å². The summed E-state index contributed by atoms with van der Waals surface area (Å²) >= 11 is 0. The van der Waals surface area contributed by atoms with E-state index >= 15 is 0 Å². The lowest BCUT2D eigenvalue weighted by atomic mass is 9.57. The summed E-state index contributed by atoms with van der Waals surface area (Å²) in [5.41, 5.74) is 3.03. The van der Waals surface area contributed by atoms with Gasteiger partial charge in [-0.25, -0.2) is 4.79 Å². The molecular formula is C20H22O4. The molecule has 0 aliphatic heterocycles. The third kappa shape index (κ3) is 2.05. The van der Waals surface area contributed by atoms with Gasteiger partial charge in [-0.1, -0.05) is 30.3 Å². The van der Waals surface area contributed by atoms with Crippen molar-refractivity contribution in [2.24, 2.45) is 29.6 Å². The molecule has 4 rings (SSSR count). The molecule has 24 heavy (non-hydrogen) atoms. The van der Waals surface area contributed by atoms with Crippen LogP contribution in [0.3, 0.4) is 0 Å². The largest absolute Gasteiger partial charge is 0.469 e. The quantitative estimate of drug-likeness (QED) is 0.798. The zero-order valence-corrected chi connectivity index (χ0v) is 14.0. The van der Waals surface area contributed by atoms with Gasteiger partial charge in [-0.2, -0.15) is 0 Å². The van der Waals surface area contributed by atoms with E-state index in [9.17, 15) is 9.59 Å². The molecule has 0 amide bonds. The molecule has 1 aromatic rings. The Morgan fingerprint density at radius 3 is 2.54 bits per heavy atom. The second-order valence-corrected chi connectivity index (χ2v) is 6.99. The summed E-state index contributed by atoms with van der Waals surface area (Å²) in [5.74, 6) is 0.929. The number of esters is 2. The highest BCUT2D eigenvalue weighted by Gasteiger charge is 2.63. The van der Waals surface area contributed by atoms with Gasteiger partial charge in [-0.05, 0) is 48.7 Å². The standard InChI is InChI=1S/C20H22O4/c1-3-24-20(22)18-15(11-7-5-4-6-8-11)17-13-9-12(16(17)18)10-14(13)19(21)23-2/h4-8,12-14,16-17H,3,9-10H2,1-2H3/t12-,13+,14+,16-,17-/m1/s1. The minimum absolute atomic E-state index is 0.0243. The van der Waals surface area contributed by atoms with Crippen molar-refractivity contribution in [2.45, 2.75) is 19.8 Å². The van der Waals surface area contributed by atoms with Gasteiger partial charge in [-0.3, -0.25) is 4.79 Å². The Bertz CT molecular complexity index is 706. The topological polar surface area (TPSA) is 52.6 Å². The molecule has 5 atom stereocenters. The number of rotatable bonds is 4. The molecule has 4 nitrogen and oxygen atoms in total. The SMILES string of the molecule is CCOC(=O)C1=C(c2ccccc2)[C@H]2[C@H]3C[C@H](C[C@@H]3C(=O)OC)[C@@H]12. The van der Waals surface area contributed by atoms with Gasteiger partial charge in [0.2, 0.25) is 0 Å². The van der Waals surface area contributed by atoms with Crippen LogP contribution in [0.4, 0.5) is 0 Å². The number of hydrogen-bond donors (Lipinski definition) is 0. The number of carbonyl (C=O) groups is 2. The molecule has 1 aromatic carbocycles. The second kappa shape index (κ2) is 5.76.